The van der Waals surface area contributed by atoms with Crippen molar-refractivity contribution in [3.05, 3.63) is 35.9 Å². The molecule has 0 saturated heterocycles. The second-order valence-corrected chi connectivity index (χ2v) is 8.72. The van der Waals surface area contributed by atoms with E-state index in [1.54, 1.807) is 0 Å². The lowest BCUT2D eigenvalue weighted by atomic mass is 10.1. The molecule has 0 saturated carbocycles. The number of hydrogen-bond acceptors (Lipinski definition) is 3. The third kappa shape index (κ3) is 15.6. The second-order valence-electron chi connectivity index (χ2n) is 8.72. The molecule has 0 bridgehead atoms. The van der Waals surface area contributed by atoms with Crippen LogP contribution < -0.4 is 10.6 Å². The van der Waals surface area contributed by atoms with Gasteiger partial charge in [-0.25, -0.2) is 0 Å². The van der Waals surface area contributed by atoms with Gasteiger partial charge in [-0.2, -0.15) is 0 Å². The van der Waals surface area contributed by atoms with Crippen LogP contribution in [0.1, 0.15) is 96.5 Å². The SMILES string of the molecule is CCCCCCCCCCCCCCN[C@@H](C)CN[C@H](CO)Cc1ccccc1. The van der Waals surface area contributed by atoms with Gasteiger partial charge in [0.15, 0.2) is 0 Å². The van der Waals surface area contributed by atoms with Crippen LogP contribution in [0.3, 0.4) is 0 Å². The molecule has 3 nitrogen and oxygen atoms in total. The predicted molar refractivity (Wildman–Crippen MR) is 128 cm³/mol. The number of benzene rings is 1. The van der Waals surface area contributed by atoms with Crippen molar-refractivity contribution >= 4 is 0 Å². The van der Waals surface area contributed by atoms with Crippen molar-refractivity contribution in [1.29, 1.82) is 0 Å². The van der Waals surface area contributed by atoms with E-state index in [2.05, 4.69) is 48.7 Å². The van der Waals surface area contributed by atoms with Crippen molar-refractivity contribution in [3.8, 4) is 0 Å². The predicted octanol–water partition coefficient (Wildman–Crippen LogP) is 5.86. The molecule has 0 aromatic heterocycles. The van der Waals surface area contributed by atoms with Gasteiger partial charge in [-0.05, 0) is 31.9 Å². The van der Waals surface area contributed by atoms with E-state index in [1.807, 2.05) is 6.07 Å². The molecule has 29 heavy (non-hydrogen) atoms. The van der Waals surface area contributed by atoms with Gasteiger partial charge in [0, 0.05) is 18.6 Å². The zero-order chi connectivity index (χ0) is 21.0. The molecular formula is C26H48N2O. The Morgan fingerprint density at radius 2 is 1.31 bits per heavy atom. The monoisotopic (exact) mass is 404 g/mol. The summed E-state index contributed by atoms with van der Waals surface area (Å²) in [6, 6.07) is 11.0. The third-order valence-electron chi connectivity index (χ3n) is 5.78. The highest BCUT2D eigenvalue weighted by molar-refractivity contribution is 5.15. The summed E-state index contributed by atoms with van der Waals surface area (Å²) < 4.78 is 0. The Labute approximate surface area is 181 Å². The van der Waals surface area contributed by atoms with Crippen LogP contribution in [0.25, 0.3) is 0 Å². The summed E-state index contributed by atoms with van der Waals surface area (Å²) in [4.78, 5) is 0. The molecule has 0 amide bonds. The highest BCUT2D eigenvalue weighted by Gasteiger charge is 2.09. The van der Waals surface area contributed by atoms with Crippen LogP contribution in [-0.2, 0) is 6.42 Å². The van der Waals surface area contributed by atoms with Gasteiger partial charge in [-0.15, -0.1) is 0 Å². The molecule has 0 unspecified atom stereocenters. The van der Waals surface area contributed by atoms with Gasteiger partial charge < -0.3 is 15.7 Å². The smallest absolute Gasteiger partial charge is 0.0587 e. The van der Waals surface area contributed by atoms with E-state index in [9.17, 15) is 5.11 Å². The van der Waals surface area contributed by atoms with Crippen LogP contribution in [0.5, 0.6) is 0 Å². The average molecular weight is 405 g/mol. The summed E-state index contributed by atoms with van der Waals surface area (Å²) in [5, 5.41) is 16.7. The van der Waals surface area contributed by atoms with Crippen molar-refractivity contribution in [1.82, 2.24) is 10.6 Å². The number of rotatable bonds is 20. The van der Waals surface area contributed by atoms with Gasteiger partial charge >= 0.3 is 0 Å². The molecular weight excluding hydrogens is 356 g/mol. The van der Waals surface area contributed by atoms with Crippen LogP contribution in [0.4, 0.5) is 0 Å². The van der Waals surface area contributed by atoms with Crippen LogP contribution in [-0.4, -0.2) is 36.9 Å². The molecule has 0 heterocycles. The van der Waals surface area contributed by atoms with Crippen LogP contribution in [0, 0.1) is 0 Å². The van der Waals surface area contributed by atoms with Crippen LogP contribution in [0.15, 0.2) is 30.3 Å². The summed E-state index contributed by atoms with van der Waals surface area (Å²) >= 11 is 0. The van der Waals surface area contributed by atoms with Gasteiger partial charge in [0.2, 0.25) is 0 Å². The zero-order valence-electron chi connectivity index (χ0n) is 19.3. The van der Waals surface area contributed by atoms with Crippen molar-refractivity contribution in [2.45, 2.75) is 109 Å². The average Bonchev–Trinajstić information content (AvgIpc) is 2.75. The molecule has 0 aliphatic heterocycles. The molecule has 3 heteroatoms. The third-order valence-corrected chi connectivity index (χ3v) is 5.78. The largest absolute Gasteiger partial charge is 0.395 e. The number of aliphatic hydroxyl groups is 1. The van der Waals surface area contributed by atoms with Crippen LogP contribution >= 0.6 is 0 Å². The van der Waals surface area contributed by atoms with Gasteiger partial charge in [-0.1, -0.05) is 108 Å². The van der Waals surface area contributed by atoms with E-state index in [-0.39, 0.29) is 12.6 Å². The Balaban J connectivity index is 1.90. The van der Waals surface area contributed by atoms with Crippen molar-refractivity contribution in [2.75, 3.05) is 19.7 Å². The van der Waals surface area contributed by atoms with E-state index in [4.69, 9.17) is 0 Å². The van der Waals surface area contributed by atoms with Gasteiger partial charge in [0.1, 0.15) is 0 Å². The second kappa shape index (κ2) is 19.1. The first-order valence-corrected chi connectivity index (χ1v) is 12.4. The molecule has 0 radical (unpaired) electrons. The number of unbranched alkanes of at least 4 members (excludes halogenated alkanes) is 11. The Hall–Kier alpha value is -0.900. The summed E-state index contributed by atoms with van der Waals surface area (Å²) in [6.45, 7) is 6.69. The maximum Gasteiger partial charge on any atom is 0.0587 e. The maximum absolute atomic E-state index is 9.62. The Kier molecular flexibility index (Phi) is 17.2. The molecule has 2 atom stereocenters. The number of nitrogens with one attached hydrogen (secondary N) is 2. The first-order valence-electron chi connectivity index (χ1n) is 12.4. The lowest BCUT2D eigenvalue weighted by Crippen LogP contribution is -2.43. The van der Waals surface area contributed by atoms with E-state index < -0.39 is 0 Å². The molecule has 0 aliphatic carbocycles. The summed E-state index contributed by atoms with van der Waals surface area (Å²) in [6.07, 6.45) is 17.7. The molecule has 0 spiro atoms. The zero-order valence-corrected chi connectivity index (χ0v) is 19.3. The summed E-state index contributed by atoms with van der Waals surface area (Å²) in [5.74, 6) is 0. The highest BCUT2D eigenvalue weighted by Crippen LogP contribution is 2.11. The molecule has 0 fully saturated rings. The van der Waals surface area contributed by atoms with Gasteiger partial charge in [0.05, 0.1) is 6.61 Å². The molecule has 3 N–H and O–H groups in total. The molecule has 1 aromatic carbocycles. The highest BCUT2D eigenvalue weighted by atomic mass is 16.3. The maximum atomic E-state index is 9.62. The Bertz CT molecular complexity index is 451. The lowest BCUT2D eigenvalue weighted by Gasteiger charge is -2.20. The minimum atomic E-state index is 0.133. The Morgan fingerprint density at radius 3 is 1.86 bits per heavy atom. The summed E-state index contributed by atoms with van der Waals surface area (Å²) in [5.41, 5.74) is 1.27. The molecule has 0 aliphatic rings. The quantitative estimate of drug-likeness (QED) is 0.239. The molecule has 168 valence electrons. The Morgan fingerprint density at radius 1 is 0.759 bits per heavy atom. The standard InChI is InChI=1S/C26H48N2O/c1-3-4-5-6-7-8-9-10-11-12-13-17-20-27-24(2)22-28-26(23-29)21-25-18-15-14-16-19-25/h14-16,18-19,24,26-29H,3-13,17,20-23H2,1-2H3/t24-,26-/m0/s1. The summed E-state index contributed by atoms with van der Waals surface area (Å²) in [7, 11) is 0. The minimum Gasteiger partial charge on any atom is -0.395 e. The fourth-order valence-electron chi connectivity index (χ4n) is 3.83. The first-order chi connectivity index (χ1) is 14.3. The lowest BCUT2D eigenvalue weighted by molar-refractivity contribution is 0.238. The fraction of sp³-hybridized carbons (Fsp3) is 0.769. The van der Waals surface area contributed by atoms with Gasteiger partial charge in [0.25, 0.3) is 0 Å². The topological polar surface area (TPSA) is 44.3 Å². The van der Waals surface area contributed by atoms with Gasteiger partial charge in [-0.3, -0.25) is 0 Å². The number of hydrogen-bond donors (Lipinski definition) is 3. The first kappa shape index (κ1) is 26.1. The van der Waals surface area contributed by atoms with Crippen molar-refractivity contribution < 1.29 is 5.11 Å². The van der Waals surface area contributed by atoms with E-state index >= 15 is 0 Å². The fourth-order valence-corrected chi connectivity index (χ4v) is 3.83. The van der Waals surface area contributed by atoms with E-state index in [0.29, 0.717) is 6.04 Å². The van der Waals surface area contributed by atoms with E-state index in [1.165, 1.54) is 82.6 Å². The minimum absolute atomic E-state index is 0.133. The molecule has 1 aromatic rings. The van der Waals surface area contributed by atoms with Crippen LogP contribution in [0.2, 0.25) is 0 Å². The van der Waals surface area contributed by atoms with Crippen molar-refractivity contribution in [2.24, 2.45) is 0 Å². The van der Waals surface area contributed by atoms with Crippen molar-refractivity contribution in [3.63, 3.8) is 0 Å². The van der Waals surface area contributed by atoms with E-state index in [0.717, 1.165) is 19.5 Å². The normalized spacial score (nSPS) is 13.5. The number of aliphatic hydroxyl groups excluding tert-OH is 1. The molecule has 1 rings (SSSR count).